The quantitative estimate of drug-likeness (QED) is 0.1000. The Morgan fingerprint density at radius 2 is 1.35 bits per heavy atom. The summed E-state index contributed by atoms with van der Waals surface area (Å²) in [7, 11) is 0. The Morgan fingerprint density at radius 3 is 1.77 bits per heavy atom. The highest BCUT2D eigenvalue weighted by atomic mass is 19.1. The minimum Gasteiger partial charge on any atom is -0.512 e. The van der Waals surface area contributed by atoms with Crippen LogP contribution in [0.3, 0.4) is 0 Å². The summed E-state index contributed by atoms with van der Waals surface area (Å²) in [5, 5.41) is 30.8. The van der Waals surface area contributed by atoms with Crippen molar-refractivity contribution in [3.63, 3.8) is 0 Å². The highest BCUT2D eigenvalue weighted by Gasteiger charge is 2.26. The number of Topliss-reactive ketones (excluding diaryl/α,β-unsaturated/α-hetero) is 1. The Labute approximate surface area is 227 Å². The van der Waals surface area contributed by atoms with Crippen LogP contribution in [-0.2, 0) is 36.7 Å². The van der Waals surface area contributed by atoms with Gasteiger partial charge in [0.05, 0.1) is 34.4 Å². The SMILES string of the molecule is CCOC(=O)/C(Cc1ccc(F)c([N+](=O)[O-])c1)=C(\C)O.CCOC(=O)C(Cc1ccc(F)c([N+](=O)[O-])c1)C(C)=O. The Bertz CT molecular complexity index is 1310. The van der Waals surface area contributed by atoms with Crippen LogP contribution in [0.4, 0.5) is 20.2 Å². The van der Waals surface area contributed by atoms with Crippen molar-refractivity contribution < 1.29 is 47.6 Å². The molecule has 0 radical (unpaired) electrons. The van der Waals surface area contributed by atoms with Gasteiger partial charge in [-0.05, 0) is 57.4 Å². The van der Waals surface area contributed by atoms with Crippen LogP contribution in [0.1, 0.15) is 38.8 Å². The van der Waals surface area contributed by atoms with E-state index in [0.29, 0.717) is 11.1 Å². The lowest BCUT2D eigenvalue weighted by Gasteiger charge is -2.12. The van der Waals surface area contributed by atoms with Crippen molar-refractivity contribution in [2.45, 2.75) is 40.5 Å². The van der Waals surface area contributed by atoms with Gasteiger partial charge in [0.2, 0.25) is 11.6 Å². The average molecular weight is 567 g/mol. The third-order valence-electron chi connectivity index (χ3n) is 5.26. The highest BCUT2D eigenvalue weighted by Crippen LogP contribution is 2.22. The number of rotatable bonds is 11. The number of halogens is 2. The van der Waals surface area contributed by atoms with Crippen LogP contribution < -0.4 is 0 Å². The van der Waals surface area contributed by atoms with Crippen molar-refractivity contribution in [2.24, 2.45) is 5.92 Å². The predicted octanol–water partition coefficient (Wildman–Crippen LogP) is 4.72. The largest absolute Gasteiger partial charge is 0.512 e. The molecule has 0 saturated carbocycles. The fourth-order valence-electron chi connectivity index (χ4n) is 3.27. The van der Waals surface area contributed by atoms with Gasteiger partial charge in [0.25, 0.3) is 0 Å². The van der Waals surface area contributed by atoms with E-state index in [1.54, 1.807) is 13.8 Å². The lowest BCUT2D eigenvalue weighted by atomic mass is 9.95. The van der Waals surface area contributed by atoms with Crippen LogP contribution in [-0.4, -0.2) is 45.9 Å². The van der Waals surface area contributed by atoms with Crippen molar-refractivity contribution in [3.8, 4) is 0 Å². The van der Waals surface area contributed by atoms with Gasteiger partial charge in [-0.1, -0.05) is 12.1 Å². The van der Waals surface area contributed by atoms with Crippen molar-refractivity contribution in [3.05, 3.63) is 90.7 Å². The Balaban J connectivity index is 0.000000400. The van der Waals surface area contributed by atoms with Crippen LogP contribution in [0.2, 0.25) is 0 Å². The van der Waals surface area contributed by atoms with E-state index >= 15 is 0 Å². The molecule has 0 aromatic heterocycles. The summed E-state index contributed by atoms with van der Waals surface area (Å²) >= 11 is 0. The molecule has 0 aliphatic heterocycles. The van der Waals surface area contributed by atoms with Crippen molar-refractivity contribution >= 4 is 29.1 Å². The van der Waals surface area contributed by atoms with Crippen molar-refractivity contribution in [1.82, 2.24) is 0 Å². The first-order chi connectivity index (χ1) is 18.7. The monoisotopic (exact) mass is 566 g/mol. The number of nitro groups is 2. The summed E-state index contributed by atoms with van der Waals surface area (Å²) in [4.78, 5) is 54.3. The molecule has 2 rings (SSSR count). The number of carbonyl (C=O) groups excluding carboxylic acids is 3. The zero-order valence-corrected chi connectivity index (χ0v) is 22.1. The fourth-order valence-corrected chi connectivity index (χ4v) is 3.27. The number of ether oxygens (including phenoxy) is 2. The molecular weight excluding hydrogens is 538 g/mol. The second-order valence-electron chi connectivity index (χ2n) is 8.17. The van der Waals surface area contributed by atoms with Crippen LogP contribution in [0.5, 0.6) is 0 Å². The molecular formula is C26H28F2N2O10. The number of ketones is 1. The van der Waals surface area contributed by atoms with E-state index in [-0.39, 0.29) is 37.4 Å². The molecule has 0 aliphatic carbocycles. The molecule has 0 aliphatic rings. The summed E-state index contributed by atoms with van der Waals surface area (Å²) in [5.74, 6) is -5.01. The Kier molecular flexibility index (Phi) is 13.0. The number of esters is 2. The number of carbonyl (C=O) groups is 3. The van der Waals surface area contributed by atoms with E-state index in [1.165, 1.54) is 26.0 Å². The average Bonchev–Trinajstić information content (AvgIpc) is 2.87. The molecule has 2 aromatic rings. The maximum absolute atomic E-state index is 13.2. The zero-order valence-electron chi connectivity index (χ0n) is 22.1. The maximum Gasteiger partial charge on any atom is 0.337 e. The van der Waals surface area contributed by atoms with Gasteiger partial charge in [-0.3, -0.25) is 29.8 Å². The lowest BCUT2D eigenvalue weighted by molar-refractivity contribution is -0.387. The summed E-state index contributed by atoms with van der Waals surface area (Å²) in [6.45, 7) is 6.04. The Hall–Kier alpha value is -4.75. The molecule has 0 bridgehead atoms. The molecule has 216 valence electrons. The molecule has 2 aromatic carbocycles. The van der Waals surface area contributed by atoms with Crippen molar-refractivity contribution in [1.29, 1.82) is 0 Å². The van der Waals surface area contributed by atoms with Gasteiger partial charge in [-0.25, -0.2) is 4.79 Å². The number of nitrogens with zero attached hydrogens (tertiary/aromatic N) is 2. The molecule has 0 saturated heterocycles. The molecule has 1 unspecified atom stereocenters. The number of aliphatic hydroxyl groups is 1. The van der Waals surface area contributed by atoms with Gasteiger partial charge >= 0.3 is 23.3 Å². The third kappa shape index (κ3) is 9.85. The first kappa shape index (κ1) is 33.3. The van der Waals surface area contributed by atoms with Crippen LogP contribution in [0, 0.1) is 37.8 Å². The van der Waals surface area contributed by atoms with Gasteiger partial charge in [0.15, 0.2) is 0 Å². The molecule has 0 heterocycles. The number of allylic oxidation sites excluding steroid dienone is 1. The summed E-state index contributed by atoms with van der Waals surface area (Å²) in [5.41, 5.74) is -0.733. The van der Waals surface area contributed by atoms with Gasteiger partial charge in [0.1, 0.15) is 11.7 Å². The minimum absolute atomic E-state index is 0.0206. The van der Waals surface area contributed by atoms with E-state index in [2.05, 4.69) is 0 Å². The molecule has 1 N–H and O–H groups in total. The summed E-state index contributed by atoms with van der Waals surface area (Å²) in [6.07, 6.45) is -0.141. The molecule has 0 spiro atoms. The number of nitro benzene ring substituents is 2. The number of aliphatic hydroxyl groups excluding tert-OH is 1. The molecule has 0 fully saturated rings. The normalized spacial score (nSPS) is 11.8. The van der Waals surface area contributed by atoms with Gasteiger partial charge in [-0.15, -0.1) is 0 Å². The first-order valence-corrected chi connectivity index (χ1v) is 11.8. The van der Waals surface area contributed by atoms with E-state index in [4.69, 9.17) is 9.47 Å². The fraction of sp³-hybridized carbons (Fsp3) is 0.346. The van der Waals surface area contributed by atoms with E-state index < -0.39 is 56.5 Å². The number of hydrogen-bond acceptors (Lipinski definition) is 10. The van der Waals surface area contributed by atoms with Gasteiger partial charge in [0, 0.05) is 18.6 Å². The first-order valence-electron chi connectivity index (χ1n) is 11.8. The van der Waals surface area contributed by atoms with E-state index in [1.807, 2.05) is 0 Å². The smallest absolute Gasteiger partial charge is 0.337 e. The Morgan fingerprint density at radius 1 is 0.875 bits per heavy atom. The minimum atomic E-state index is -1.04. The van der Waals surface area contributed by atoms with E-state index in [0.717, 1.165) is 24.3 Å². The van der Waals surface area contributed by atoms with Gasteiger partial charge < -0.3 is 14.6 Å². The number of hydrogen-bond donors (Lipinski definition) is 1. The predicted molar refractivity (Wildman–Crippen MR) is 136 cm³/mol. The summed E-state index contributed by atoms with van der Waals surface area (Å²) < 4.78 is 35.9. The molecule has 0 amide bonds. The van der Waals surface area contributed by atoms with Crippen molar-refractivity contribution in [2.75, 3.05) is 13.2 Å². The van der Waals surface area contributed by atoms with E-state index in [9.17, 15) is 48.5 Å². The maximum atomic E-state index is 13.2. The second kappa shape index (κ2) is 15.6. The third-order valence-corrected chi connectivity index (χ3v) is 5.26. The standard InChI is InChI=1S/2C13H14FNO5/c2*1-3-20-13(17)10(8(2)16)6-9-4-5-11(14)12(7-9)15(18)19/h4-5,7,16H,3,6H2,1-2H3;4-5,7,10H,3,6H2,1-2H3/b10-8+;. The van der Waals surface area contributed by atoms with Gasteiger partial charge in [-0.2, -0.15) is 8.78 Å². The zero-order chi connectivity index (χ0) is 30.6. The molecule has 40 heavy (non-hydrogen) atoms. The molecule has 1 atom stereocenters. The van der Waals surface area contributed by atoms with Crippen LogP contribution in [0.25, 0.3) is 0 Å². The number of benzene rings is 2. The highest BCUT2D eigenvalue weighted by molar-refractivity contribution is 5.98. The van der Waals surface area contributed by atoms with Crippen LogP contribution in [0.15, 0.2) is 47.7 Å². The topological polar surface area (TPSA) is 176 Å². The summed E-state index contributed by atoms with van der Waals surface area (Å²) in [6, 6.07) is 6.54. The second-order valence-corrected chi connectivity index (χ2v) is 8.17. The molecule has 12 nitrogen and oxygen atoms in total. The molecule has 14 heteroatoms. The van der Waals surface area contributed by atoms with Crippen LogP contribution >= 0.6 is 0 Å². The lowest BCUT2D eigenvalue weighted by Crippen LogP contribution is -2.26.